The zero-order chi connectivity index (χ0) is 44.8. The van der Waals surface area contributed by atoms with E-state index in [-0.39, 0.29) is 29.0 Å². The summed E-state index contributed by atoms with van der Waals surface area (Å²) >= 11 is 3.21. The SMILES string of the molecule is CCCC(NC(=O)C(C#N)=Cc1ccc2ccc(C3CN(CCOc4cccc(C(NC(=O)C(C#N)=Cc5nc(Br)ccc5F)c5ccccc5)c4)CCO3)cc2n1)c1ccccc1. The van der Waals surface area contributed by atoms with Crippen LogP contribution in [0.25, 0.3) is 23.1 Å². The van der Waals surface area contributed by atoms with E-state index in [9.17, 15) is 24.5 Å². The smallest absolute Gasteiger partial charge is 0.262 e. The minimum atomic E-state index is -0.682. The molecule has 1 saturated heterocycles. The first kappa shape index (κ1) is 45.0. The van der Waals surface area contributed by atoms with Gasteiger partial charge in [0.1, 0.15) is 51.8 Å². The van der Waals surface area contributed by atoms with Crippen molar-refractivity contribution >= 4 is 50.8 Å². The number of rotatable bonds is 16. The molecule has 2 amide bonds. The fourth-order valence-corrected chi connectivity index (χ4v) is 7.80. The second kappa shape index (κ2) is 21.9. The maximum absolute atomic E-state index is 14.5. The van der Waals surface area contributed by atoms with E-state index in [1.54, 1.807) is 6.07 Å². The molecule has 0 spiro atoms. The van der Waals surface area contributed by atoms with Crippen molar-refractivity contribution in [3.05, 3.63) is 183 Å². The first-order chi connectivity index (χ1) is 31.2. The van der Waals surface area contributed by atoms with Gasteiger partial charge in [-0.1, -0.05) is 104 Å². The van der Waals surface area contributed by atoms with Gasteiger partial charge in [-0.15, -0.1) is 0 Å². The summed E-state index contributed by atoms with van der Waals surface area (Å²) < 4.78 is 27.3. The van der Waals surface area contributed by atoms with E-state index in [0.717, 1.165) is 58.6 Å². The summed E-state index contributed by atoms with van der Waals surface area (Å²) in [4.78, 5) is 37.9. The molecule has 64 heavy (non-hydrogen) atoms. The average molecular weight is 919 g/mol. The number of amides is 2. The summed E-state index contributed by atoms with van der Waals surface area (Å²) in [6.45, 7) is 4.95. The van der Waals surface area contributed by atoms with Crippen molar-refractivity contribution in [1.82, 2.24) is 25.5 Å². The van der Waals surface area contributed by atoms with E-state index in [2.05, 4.69) is 49.4 Å². The monoisotopic (exact) mass is 917 g/mol. The number of carbonyl (C=O) groups excluding carboxylic acids is 2. The van der Waals surface area contributed by atoms with Crippen LogP contribution in [0.3, 0.4) is 0 Å². The zero-order valence-corrected chi connectivity index (χ0v) is 36.7. The van der Waals surface area contributed by atoms with Gasteiger partial charge in [-0.3, -0.25) is 14.5 Å². The number of nitriles is 2. The molecular weight excluding hydrogens is 874 g/mol. The molecule has 1 aliphatic heterocycles. The lowest BCUT2D eigenvalue weighted by Gasteiger charge is -2.33. The Morgan fingerprint density at radius 1 is 0.859 bits per heavy atom. The van der Waals surface area contributed by atoms with Crippen molar-refractivity contribution in [2.24, 2.45) is 0 Å². The highest BCUT2D eigenvalue weighted by molar-refractivity contribution is 9.10. The molecule has 1 fully saturated rings. The molecule has 6 aromatic rings. The Morgan fingerprint density at radius 3 is 2.31 bits per heavy atom. The predicted octanol–water partition coefficient (Wildman–Crippen LogP) is 9.36. The summed E-state index contributed by atoms with van der Waals surface area (Å²) in [7, 11) is 0. The van der Waals surface area contributed by atoms with Crippen LogP contribution >= 0.6 is 15.9 Å². The molecule has 0 aliphatic carbocycles. The summed E-state index contributed by atoms with van der Waals surface area (Å²) in [6.07, 6.45) is 4.06. The van der Waals surface area contributed by atoms with Gasteiger partial charge in [-0.2, -0.15) is 10.5 Å². The van der Waals surface area contributed by atoms with Crippen LogP contribution in [0.2, 0.25) is 0 Å². The number of fused-ring (bicyclic) bond motifs is 1. The summed E-state index contributed by atoms with van der Waals surface area (Å²) in [5, 5.41) is 26.7. The van der Waals surface area contributed by atoms with Crippen molar-refractivity contribution < 1.29 is 23.5 Å². The van der Waals surface area contributed by atoms with Gasteiger partial charge in [-0.05, 0) is 93.2 Å². The summed E-state index contributed by atoms with van der Waals surface area (Å²) in [5.74, 6) is -1.18. The topological polar surface area (TPSA) is 153 Å². The zero-order valence-electron chi connectivity index (χ0n) is 35.1. The van der Waals surface area contributed by atoms with E-state index in [1.807, 2.05) is 115 Å². The lowest BCUT2D eigenvalue weighted by atomic mass is 9.98. The Balaban J connectivity index is 0.992. The number of pyridine rings is 2. The number of hydrogen-bond acceptors (Lipinski definition) is 9. The van der Waals surface area contributed by atoms with Crippen LogP contribution in [0.1, 0.15) is 71.6 Å². The van der Waals surface area contributed by atoms with Gasteiger partial charge in [-0.25, -0.2) is 14.4 Å². The first-order valence-corrected chi connectivity index (χ1v) is 21.7. The predicted molar refractivity (Wildman–Crippen MR) is 247 cm³/mol. The molecule has 4 aromatic carbocycles. The van der Waals surface area contributed by atoms with Crippen molar-refractivity contribution in [2.75, 3.05) is 32.8 Å². The van der Waals surface area contributed by atoms with Gasteiger partial charge in [0.2, 0.25) is 0 Å². The molecule has 7 rings (SSSR count). The van der Waals surface area contributed by atoms with Crippen LogP contribution in [-0.4, -0.2) is 59.5 Å². The molecule has 322 valence electrons. The van der Waals surface area contributed by atoms with E-state index in [1.165, 1.54) is 18.2 Å². The standard InChI is InChI=1S/C51H45BrFN7O4/c1-2-10-44(34-11-5-3-6-12-34)58-50(61)39(31-54)27-41-20-19-35-17-18-37(29-45(35)56-41)47-33-60(24-26-64-47)23-25-63-42-16-9-15-38(28-42)49(36-13-7-4-8-14-36)59-51(62)40(32-55)30-46-43(53)21-22-48(52)57-46/h3-9,11-22,27-30,44,47,49H,2,10,23-26,33H2,1H3,(H,58,61)(H,59,62). The number of nitrogens with one attached hydrogen (secondary N) is 2. The van der Waals surface area contributed by atoms with E-state index in [4.69, 9.17) is 14.5 Å². The lowest BCUT2D eigenvalue weighted by molar-refractivity contribution is -0.118. The van der Waals surface area contributed by atoms with Gasteiger partial charge in [0.15, 0.2) is 0 Å². The number of carbonyl (C=O) groups is 2. The number of hydrogen-bond donors (Lipinski definition) is 2. The largest absolute Gasteiger partial charge is 0.492 e. The van der Waals surface area contributed by atoms with Crippen LogP contribution in [-0.2, 0) is 14.3 Å². The number of aromatic nitrogens is 2. The van der Waals surface area contributed by atoms with Crippen molar-refractivity contribution in [3.63, 3.8) is 0 Å². The highest BCUT2D eigenvalue weighted by Gasteiger charge is 2.24. The van der Waals surface area contributed by atoms with Crippen molar-refractivity contribution in [1.29, 1.82) is 10.5 Å². The van der Waals surface area contributed by atoms with Crippen LogP contribution < -0.4 is 15.4 Å². The van der Waals surface area contributed by atoms with Gasteiger partial charge >= 0.3 is 0 Å². The molecule has 3 heterocycles. The molecule has 3 unspecified atom stereocenters. The minimum absolute atomic E-state index is 0.0188. The Hall–Kier alpha value is -7.03. The number of benzene rings is 4. The molecule has 11 nitrogen and oxygen atoms in total. The third-order valence-corrected chi connectivity index (χ3v) is 11.2. The third-order valence-electron chi connectivity index (χ3n) is 10.8. The van der Waals surface area contributed by atoms with Crippen LogP contribution in [0.15, 0.2) is 143 Å². The number of ether oxygens (including phenoxy) is 2. The Morgan fingerprint density at radius 2 is 1.56 bits per heavy atom. The molecule has 0 radical (unpaired) electrons. The Labute approximate surface area is 380 Å². The fourth-order valence-electron chi connectivity index (χ4n) is 7.48. The fraction of sp³-hybridized carbons (Fsp3) is 0.216. The molecule has 3 atom stereocenters. The molecule has 0 bridgehead atoms. The Kier molecular flexibility index (Phi) is 15.4. The Bertz CT molecular complexity index is 2750. The van der Waals surface area contributed by atoms with E-state index >= 15 is 0 Å². The molecule has 0 saturated carbocycles. The second-order valence-corrected chi connectivity index (χ2v) is 16.0. The average Bonchev–Trinajstić information content (AvgIpc) is 3.33. The maximum Gasteiger partial charge on any atom is 0.262 e. The van der Waals surface area contributed by atoms with Gasteiger partial charge < -0.3 is 20.1 Å². The van der Waals surface area contributed by atoms with Crippen molar-refractivity contribution in [2.45, 2.75) is 38.0 Å². The van der Waals surface area contributed by atoms with Crippen LogP contribution in [0.5, 0.6) is 5.75 Å². The number of morpholine rings is 1. The second-order valence-electron chi connectivity index (χ2n) is 15.2. The minimum Gasteiger partial charge on any atom is -0.492 e. The lowest BCUT2D eigenvalue weighted by Crippen LogP contribution is -2.40. The summed E-state index contributed by atoms with van der Waals surface area (Å²) in [6, 6.07) is 42.0. The van der Waals surface area contributed by atoms with Gasteiger partial charge in [0.05, 0.1) is 36.0 Å². The molecule has 2 N–H and O–H groups in total. The normalized spacial score (nSPS) is 15.4. The maximum atomic E-state index is 14.5. The molecule has 13 heteroatoms. The van der Waals surface area contributed by atoms with E-state index < -0.39 is 23.7 Å². The van der Waals surface area contributed by atoms with Crippen molar-refractivity contribution in [3.8, 4) is 17.9 Å². The summed E-state index contributed by atoms with van der Waals surface area (Å²) in [5.41, 5.74) is 4.24. The molecular formula is C51H45BrFN7O4. The molecule has 2 aromatic heterocycles. The highest BCUT2D eigenvalue weighted by atomic mass is 79.9. The molecule has 1 aliphatic rings. The van der Waals surface area contributed by atoms with Gasteiger partial charge in [0.25, 0.3) is 11.8 Å². The van der Waals surface area contributed by atoms with Crippen LogP contribution in [0.4, 0.5) is 4.39 Å². The first-order valence-electron chi connectivity index (χ1n) is 21.0. The van der Waals surface area contributed by atoms with Crippen LogP contribution in [0, 0.1) is 28.5 Å². The number of nitrogens with zero attached hydrogens (tertiary/aromatic N) is 5. The number of halogens is 2. The third kappa shape index (κ3) is 11.7. The van der Waals surface area contributed by atoms with E-state index in [0.29, 0.717) is 42.3 Å². The quantitative estimate of drug-likeness (QED) is 0.0550. The van der Waals surface area contributed by atoms with Gasteiger partial charge in [0, 0.05) is 25.0 Å². The highest BCUT2D eigenvalue weighted by Crippen LogP contribution is 2.28.